The molecule has 0 aromatic heterocycles. The van der Waals surface area contributed by atoms with Gasteiger partial charge >= 0.3 is 12.0 Å². The number of hydrogen-bond acceptors (Lipinski definition) is 2. The van der Waals surface area contributed by atoms with E-state index in [-0.39, 0.29) is 24.0 Å². The Morgan fingerprint density at radius 2 is 2.00 bits per heavy atom. The zero-order valence-electron chi connectivity index (χ0n) is 13.4. The van der Waals surface area contributed by atoms with E-state index in [1.54, 1.807) is 4.90 Å². The second-order valence-electron chi connectivity index (χ2n) is 7.51. The van der Waals surface area contributed by atoms with E-state index >= 15 is 0 Å². The summed E-state index contributed by atoms with van der Waals surface area (Å²) in [4.78, 5) is 25.3. The molecule has 1 saturated heterocycles. The number of urea groups is 1. The zero-order valence-corrected chi connectivity index (χ0v) is 13.4. The van der Waals surface area contributed by atoms with Gasteiger partial charge in [0.25, 0.3) is 0 Å². The standard InChI is InChI=1S/C16H28N2O3/c1-11-9-12(14(19)20)6-8-18(11)15(21)17-13-5-4-7-16(2,3)10-13/h11-13H,4-10H2,1-3H3,(H,17,21)(H,19,20). The van der Waals surface area contributed by atoms with E-state index in [1.807, 2.05) is 6.92 Å². The highest BCUT2D eigenvalue weighted by Gasteiger charge is 2.34. The largest absolute Gasteiger partial charge is 0.481 e. The molecule has 5 heteroatoms. The number of carbonyl (C=O) groups is 2. The number of nitrogens with one attached hydrogen (secondary N) is 1. The fourth-order valence-corrected chi connectivity index (χ4v) is 3.78. The first kappa shape index (κ1) is 16.1. The minimum atomic E-state index is -0.740. The highest BCUT2D eigenvalue weighted by Crippen LogP contribution is 2.35. The lowest BCUT2D eigenvalue weighted by molar-refractivity contribution is -0.143. The van der Waals surface area contributed by atoms with E-state index in [1.165, 1.54) is 6.42 Å². The molecular formula is C16H28N2O3. The Kier molecular flexibility index (Phi) is 4.79. The van der Waals surface area contributed by atoms with Crippen molar-refractivity contribution in [3.05, 3.63) is 0 Å². The minimum Gasteiger partial charge on any atom is -0.481 e. The van der Waals surface area contributed by atoms with Crippen LogP contribution in [-0.2, 0) is 4.79 Å². The number of nitrogens with zero attached hydrogens (tertiary/aromatic N) is 1. The fourth-order valence-electron chi connectivity index (χ4n) is 3.78. The molecule has 5 nitrogen and oxygen atoms in total. The van der Waals surface area contributed by atoms with Crippen molar-refractivity contribution in [1.82, 2.24) is 10.2 Å². The summed E-state index contributed by atoms with van der Waals surface area (Å²) in [6.45, 7) is 7.00. The van der Waals surface area contributed by atoms with E-state index in [2.05, 4.69) is 19.2 Å². The van der Waals surface area contributed by atoms with Gasteiger partial charge in [-0.2, -0.15) is 0 Å². The van der Waals surface area contributed by atoms with Gasteiger partial charge in [-0.25, -0.2) is 4.79 Å². The van der Waals surface area contributed by atoms with Crippen LogP contribution in [0.1, 0.15) is 59.3 Å². The predicted molar refractivity (Wildman–Crippen MR) is 81.1 cm³/mol. The molecule has 1 heterocycles. The van der Waals surface area contributed by atoms with Crippen LogP contribution in [0.25, 0.3) is 0 Å². The van der Waals surface area contributed by atoms with Crippen LogP contribution in [0.4, 0.5) is 4.79 Å². The van der Waals surface area contributed by atoms with Crippen LogP contribution in [-0.4, -0.2) is 40.6 Å². The van der Waals surface area contributed by atoms with E-state index < -0.39 is 5.97 Å². The second-order valence-corrected chi connectivity index (χ2v) is 7.51. The Bertz CT molecular complexity index is 408. The highest BCUT2D eigenvalue weighted by atomic mass is 16.4. The quantitative estimate of drug-likeness (QED) is 0.823. The van der Waals surface area contributed by atoms with Gasteiger partial charge in [0, 0.05) is 18.6 Å². The van der Waals surface area contributed by atoms with Crippen molar-refractivity contribution in [2.45, 2.75) is 71.4 Å². The summed E-state index contributed by atoms with van der Waals surface area (Å²) in [6.07, 6.45) is 5.57. The molecule has 3 unspecified atom stereocenters. The molecule has 21 heavy (non-hydrogen) atoms. The number of carbonyl (C=O) groups excluding carboxylic acids is 1. The number of hydrogen-bond donors (Lipinski definition) is 2. The number of carboxylic acids is 1. The van der Waals surface area contributed by atoms with Crippen LogP contribution in [0, 0.1) is 11.3 Å². The maximum Gasteiger partial charge on any atom is 0.317 e. The van der Waals surface area contributed by atoms with Gasteiger partial charge in [-0.15, -0.1) is 0 Å². The van der Waals surface area contributed by atoms with Crippen LogP contribution < -0.4 is 5.32 Å². The van der Waals surface area contributed by atoms with Gasteiger partial charge in [-0.05, 0) is 44.4 Å². The van der Waals surface area contributed by atoms with Gasteiger partial charge in [0.1, 0.15) is 0 Å². The summed E-state index contributed by atoms with van der Waals surface area (Å²) in [5, 5.41) is 12.2. The van der Waals surface area contributed by atoms with E-state index in [0.717, 1.165) is 19.3 Å². The van der Waals surface area contributed by atoms with Gasteiger partial charge in [-0.3, -0.25) is 4.79 Å². The first-order chi connectivity index (χ1) is 9.78. The molecule has 2 amide bonds. The smallest absolute Gasteiger partial charge is 0.317 e. The molecular weight excluding hydrogens is 268 g/mol. The van der Waals surface area contributed by atoms with Gasteiger partial charge in [0.15, 0.2) is 0 Å². The first-order valence-corrected chi connectivity index (χ1v) is 8.08. The summed E-state index contributed by atoms with van der Waals surface area (Å²) in [5.74, 6) is -1.05. The summed E-state index contributed by atoms with van der Waals surface area (Å²) >= 11 is 0. The van der Waals surface area contributed by atoms with Crippen molar-refractivity contribution >= 4 is 12.0 Å². The lowest BCUT2D eigenvalue weighted by Gasteiger charge is -2.39. The average molecular weight is 296 g/mol. The molecule has 2 rings (SSSR count). The van der Waals surface area contributed by atoms with Crippen molar-refractivity contribution in [3.63, 3.8) is 0 Å². The minimum absolute atomic E-state index is 0.00329. The van der Waals surface area contributed by atoms with Crippen LogP contribution in [0.2, 0.25) is 0 Å². The molecule has 2 N–H and O–H groups in total. The maximum atomic E-state index is 12.4. The van der Waals surface area contributed by atoms with Crippen LogP contribution in [0.15, 0.2) is 0 Å². The maximum absolute atomic E-state index is 12.4. The molecule has 0 spiro atoms. The summed E-state index contributed by atoms with van der Waals surface area (Å²) in [7, 11) is 0. The fraction of sp³-hybridized carbons (Fsp3) is 0.875. The Hall–Kier alpha value is -1.26. The number of likely N-dealkylation sites (tertiary alicyclic amines) is 1. The third-order valence-corrected chi connectivity index (χ3v) is 5.02. The molecule has 0 radical (unpaired) electrons. The van der Waals surface area contributed by atoms with Crippen molar-refractivity contribution in [3.8, 4) is 0 Å². The molecule has 1 aliphatic heterocycles. The Labute approximate surface area is 127 Å². The van der Waals surface area contributed by atoms with Crippen molar-refractivity contribution in [2.75, 3.05) is 6.54 Å². The summed E-state index contributed by atoms with van der Waals surface area (Å²) in [5.41, 5.74) is 0.304. The van der Waals surface area contributed by atoms with Crippen molar-refractivity contribution < 1.29 is 14.7 Å². The summed E-state index contributed by atoms with van der Waals surface area (Å²) < 4.78 is 0. The van der Waals surface area contributed by atoms with Crippen LogP contribution in [0.3, 0.4) is 0 Å². The van der Waals surface area contributed by atoms with E-state index in [9.17, 15) is 9.59 Å². The molecule has 0 aromatic rings. The normalized spacial score (nSPS) is 32.5. The monoisotopic (exact) mass is 296 g/mol. The molecule has 1 aliphatic carbocycles. The zero-order chi connectivity index (χ0) is 15.6. The first-order valence-electron chi connectivity index (χ1n) is 8.08. The van der Waals surface area contributed by atoms with E-state index in [0.29, 0.717) is 24.8 Å². The second kappa shape index (κ2) is 6.24. The van der Waals surface area contributed by atoms with E-state index in [4.69, 9.17) is 5.11 Å². The lowest BCUT2D eigenvalue weighted by atomic mass is 9.75. The SMILES string of the molecule is CC1CC(C(=O)O)CCN1C(=O)NC1CCCC(C)(C)C1. The number of rotatable bonds is 2. The number of piperidine rings is 1. The van der Waals surface area contributed by atoms with Crippen molar-refractivity contribution in [1.29, 1.82) is 0 Å². The lowest BCUT2D eigenvalue weighted by Crippen LogP contribution is -2.53. The van der Waals surface area contributed by atoms with Crippen LogP contribution >= 0.6 is 0 Å². The van der Waals surface area contributed by atoms with Crippen LogP contribution in [0.5, 0.6) is 0 Å². The molecule has 0 bridgehead atoms. The number of aliphatic carboxylic acids is 1. The number of amides is 2. The number of carboxylic acid groups (broad SMARTS) is 1. The Morgan fingerprint density at radius 3 is 2.57 bits per heavy atom. The molecule has 3 atom stereocenters. The average Bonchev–Trinajstić information content (AvgIpc) is 2.36. The Balaban J connectivity index is 1.87. The topological polar surface area (TPSA) is 69.6 Å². The summed E-state index contributed by atoms with van der Waals surface area (Å²) in [6, 6.07) is 0.233. The van der Waals surface area contributed by atoms with Gasteiger partial charge in [0.05, 0.1) is 5.92 Å². The third-order valence-electron chi connectivity index (χ3n) is 5.02. The molecule has 0 aromatic carbocycles. The Morgan fingerprint density at radius 1 is 1.29 bits per heavy atom. The molecule has 120 valence electrons. The molecule has 2 aliphatic rings. The molecule has 2 fully saturated rings. The third kappa shape index (κ3) is 4.11. The van der Waals surface area contributed by atoms with Gasteiger partial charge in [0.2, 0.25) is 0 Å². The van der Waals surface area contributed by atoms with Gasteiger partial charge < -0.3 is 15.3 Å². The highest BCUT2D eigenvalue weighted by molar-refractivity contribution is 5.76. The van der Waals surface area contributed by atoms with Crippen molar-refractivity contribution in [2.24, 2.45) is 11.3 Å². The molecule has 1 saturated carbocycles. The predicted octanol–water partition coefficient (Wildman–Crippen LogP) is 2.85. The van der Waals surface area contributed by atoms with Gasteiger partial charge in [-0.1, -0.05) is 20.3 Å².